The number of hydrogen-bond acceptors (Lipinski definition) is 4. The van der Waals surface area contributed by atoms with Gasteiger partial charge >= 0.3 is 0 Å². The third-order valence-electron chi connectivity index (χ3n) is 4.96. The summed E-state index contributed by atoms with van der Waals surface area (Å²) in [6, 6.07) is 9.19. The van der Waals surface area contributed by atoms with Crippen LogP contribution < -0.4 is 10.3 Å². The zero-order valence-corrected chi connectivity index (χ0v) is 16.5. The average molecular weight is 378 g/mol. The molecule has 3 rings (SSSR count). The highest BCUT2D eigenvalue weighted by atomic mass is 16.5. The minimum atomic E-state index is -0.105. The molecule has 0 spiro atoms. The Kier molecular flexibility index (Phi) is 6.09. The Morgan fingerprint density at radius 3 is 2.93 bits per heavy atom. The molecule has 1 unspecified atom stereocenters. The van der Waals surface area contributed by atoms with Crippen LogP contribution in [0.5, 0.6) is 5.75 Å². The summed E-state index contributed by atoms with van der Waals surface area (Å²) in [6.07, 6.45) is 5.66. The quantitative estimate of drug-likeness (QED) is 0.530. The summed E-state index contributed by atoms with van der Waals surface area (Å²) >= 11 is 0. The Bertz CT molecular complexity index is 1050. The van der Waals surface area contributed by atoms with Gasteiger partial charge in [-0.2, -0.15) is 0 Å². The summed E-state index contributed by atoms with van der Waals surface area (Å²) in [7, 11) is 1.75. The molecule has 0 aliphatic carbocycles. The fraction of sp³-hybridized carbons (Fsp3) is 0.318. The van der Waals surface area contributed by atoms with Crippen molar-refractivity contribution in [2.45, 2.75) is 32.9 Å². The van der Waals surface area contributed by atoms with Crippen LogP contribution in [0.2, 0.25) is 0 Å². The van der Waals surface area contributed by atoms with Gasteiger partial charge in [0.1, 0.15) is 18.1 Å². The first kappa shape index (κ1) is 19.6. The van der Waals surface area contributed by atoms with Crippen molar-refractivity contribution in [2.24, 2.45) is 13.0 Å². The molecule has 2 aromatic heterocycles. The highest BCUT2D eigenvalue weighted by Gasteiger charge is 2.09. The number of nitrogens with zero attached hydrogens (tertiary/aromatic N) is 4. The van der Waals surface area contributed by atoms with E-state index in [1.54, 1.807) is 11.6 Å². The second-order valence-electron chi connectivity index (χ2n) is 6.97. The van der Waals surface area contributed by atoms with E-state index in [1.807, 2.05) is 41.2 Å². The van der Waals surface area contributed by atoms with Gasteiger partial charge in [-0.3, -0.25) is 9.48 Å². The highest BCUT2D eigenvalue weighted by molar-refractivity contribution is 5.85. The van der Waals surface area contributed by atoms with Gasteiger partial charge in [0.15, 0.2) is 0 Å². The Hall–Kier alpha value is -3.15. The predicted octanol–water partition coefficient (Wildman–Crippen LogP) is 3.87. The van der Waals surface area contributed by atoms with Crippen molar-refractivity contribution < 1.29 is 4.74 Å². The number of pyridine rings is 1. The monoisotopic (exact) mass is 378 g/mol. The van der Waals surface area contributed by atoms with Crippen LogP contribution in [0.3, 0.4) is 0 Å². The van der Waals surface area contributed by atoms with Gasteiger partial charge in [0.25, 0.3) is 5.56 Å². The molecule has 0 aliphatic heterocycles. The van der Waals surface area contributed by atoms with E-state index >= 15 is 0 Å². The third-order valence-corrected chi connectivity index (χ3v) is 4.96. The van der Waals surface area contributed by atoms with Crippen molar-refractivity contribution in [1.82, 2.24) is 19.6 Å². The van der Waals surface area contributed by atoms with Crippen molar-refractivity contribution in [3.8, 4) is 5.75 Å². The Morgan fingerprint density at radius 1 is 1.36 bits per heavy atom. The van der Waals surface area contributed by atoms with Crippen molar-refractivity contribution in [3.63, 3.8) is 0 Å². The Balaban J connectivity index is 1.62. The Labute approximate surface area is 164 Å². The molecule has 6 nitrogen and oxygen atoms in total. The van der Waals surface area contributed by atoms with E-state index in [9.17, 15) is 4.79 Å². The SMILES string of the molecule is C=CC(C)C(=C)CCCn1cc(COc2cc(=O)n(C)c3ccccc23)nn1. The molecule has 0 radical (unpaired) electrons. The minimum Gasteiger partial charge on any atom is -0.486 e. The third kappa shape index (κ3) is 4.39. The first-order valence-corrected chi connectivity index (χ1v) is 9.40. The molecule has 0 bridgehead atoms. The number of benzene rings is 1. The first-order valence-electron chi connectivity index (χ1n) is 9.40. The lowest BCUT2D eigenvalue weighted by Crippen LogP contribution is -2.16. The second kappa shape index (κ2) is 8.69. The summed E-state index contributed by atoms with van der Waals surface area (Å²) in [5.74, 6) is 0.885. The number of fused-ring (bicyclic) bond motifs is 1. The molecule has 0 amide bonds. The predicted molar refractivity (Wildman–Crippen MR) is 111 cm³/mol. The first-order chi connectivity index (χ1) is 13.5. The average Bonchev–Trinajstić information content (AvgIpc) is 3.16. The van der Waals surface area contributed by atoms with Gasteiger partial charge in [0.05, 0.1) is 11.7 Å². The van der Waals surface area contributed by atoms with Gasteiger partial charge in [-0.05, 0) is 30.9 Å². The molecule has 1 aromatic carbocycles. The van der Waals surface area contributed by atoms with Gasteiger partial charge in [0, 0.05) is 25.0 Å². The molecule has 6 heteroatoms. The van der Waals surface area contributed by atoms with Crippen molar-refractivity contribution in [1.29, 1.82) is 0 Å². The normalized spacial score (nSPS) is 12.1. The van der Waals surface area contributed by atoms with Gasteiger partial charge in [-0.15, -0.1) is 11.7 Å². The van der Waals surface area contributed by atoms with Gasteiger partial charge in [0.2, 0.25) is 0 Å². The summed E-state index contributed by atoms with van der Waals surface area (Å²) in [4.78, 5) is 12.1. The Morgan fingerprint density at radius 2 is 2.14 bits per heavy atom. The number of para-hydroxylation sites is 1. The van der Waals surface area contributed by atoms with Crippen molar-refractivity contribution in [2.75, 3.05) is 0 Å². The molecule has 3 aromatic rings. The summed E-state index contributed by atoms with van der Waals surface area (Å²) < 4.78 is 9.31. The lowest BCUT2D eigenvalue weighted by molar-refractivity contribution is 0.304. The molecule has 2 heterocycles. The van der Waals surface area contributed by atoms with E-state index in [-0.39, 0.29) is 12.2 Å². The standard InChI is InChI=1S/C22H26N4O2/c1-5-16(2)17(3)9-8-12-26-14-18(23-24-26)15-28-21-13-22(27)25(4)20-11-7-6-10-19(20)21/h5-7,10-11,13-14,16H,1,3,8-9,12,15H2,2,4H3. The zero-order valence-electron chi connectivity index (χ0n) is 16.5. The molecule has 28 heavy (non-hydrogen) atoms. The molecular weight excluding hydrogens is 352 g/mol. The lowest BCUT2D eigenvalue weighted by atomic mass is 9.99. The van der Waals surface area contributed by atoms with E-state index < -0.39 is 0 Å². The van der Waals surface area contributed by atoms with Crippen LogP contribution in [0.15, 0.2) is 66.1 Å². The fourth-order valence-corrected chi connectivity index (χ4v) is 3.03. The molecule has 0 saturated carbocycles. The van der Waals surface area contributed by atoms with E-state index in [0.717, 1.165) is 36.0 Å². The molecule has 1 atom stereocenters. The molecular formula is C22H26N4O2. The van der Waals surface area contributed by atoms with E-state index in [4.69, 9.17) is 4.74 Å². The molecule has 0 fully saturated rings. The second-order valence-corrected chi connectivity index (χ2v) is 6.97. The lowest BCUT2D eigenvalue weighted by Gasteiger charge is -2.10. The van der Waals surface area contributed by atoms with Crippen LogP contribution in [0.25, 0.3) is 10.9 Å². The molecule has 0 N–H and O–H groups in total. The van der Waals surface area contributed by atoms with Crippen LogP contribution in [-0.4, -0.2) is 19.6 Å². The maximum absolute atomic E-state index is 12.1. The van der Waals surface area contributed by atoms with Gasteiger partial charge in [-0.25, -0.2) is 0 Å². The zero-order chi connectivity index (χ0) is 20.1. The number of allylic oxidation sites excluding steroid dienone is 2. The summed E-state index contributed by atoms with van der Waals surface area (Å²) in [5.41, 5.74) is 2.63. The number of rotatable bonds is 9. The summed E-state index contributed by atoms with van der Waals surface area (Å²) in [6.45, 7) is 11.0. The number of ether oxygens (including phenoxy) is 1. The highest BCUT2D eigenvalue weighted by Crippen LogP contribution is 2.23. The van der Waals surface area contributed by atoms with Crippen LogP contribution in [0.1, 0.15) is 25.5 Å². The molecule has 146 valence electrons. The van der Waals surface area contributed by atoms with Crippen LogP contribution >= 0.6 is 0 Å². The maximum Gasteiger partial charge on any atom is 0.254 e. The fourth-order valence-electron chi connectivity index (χ4n) is 3.03. The molecule has 0 aliphatic rings. The van der Waals surface area contributed by atoms with E-state index in [0.29, 0.717) is 11.7 Å². The largest absolute Gasteiger partial charge is 0.486 e. The topological polar surface area (TPSA) is 61.9 Å². The summed E-state index contributed by atoms with van der Waals surface area (Å²) in [5, 5.41) is 9.22. The maximum atomic E-state index is 12.1. The number of aryl methyl sites for hydroxylation is 2. The minimum absolute atomic E-state index is 0.105. The van der Waals surface area contributed by atoms with E-state index in [1.165, 1.54) is 11.6 Å². The van der Waals surface area contributed by atoms with Gasteiger partial charge < -0.3 is 9.30 Å². The smallest absolute Gasteiger partial charge is 0.254 e. The van der Waals surface area contributed by atoms with Gasteiger partial charge in [-0.1, -0.05) is 42.5 Å². The van der Waals surface area contributed by atoms with Crippen LogP contribution in [0.4, 0.5) is 0 Å². The van der Waals surface area contributed by atoms with Crippen molar-refractivity contribution >= 4 is 10.9 Å². The van der Waals surface area contributed by atoms with Crippen LogP contribution in [0, 0.1) is 5.92 Å². The number of hydrogen-bond donors (Lipinski definition) is 0. The number of aromatic nitrogens is 4. The van der Waals surface area contributed by atoms with Crippen LogP contribution in [-0.2, 0) is 20.2 Å². The molecule has 0 saturated heterocycles. The van der Waals surface area contributed by atoms with E-state index in [2.05, 4.69) is 30.4 Å². The van der Waals surface area contributed by atoms with Crippen molar-refractivity contribution in [3.05, 3.63) is 77.4 Å².